The van der Waals surface area contributed by atoms with Crippen LogP contribution in [0.1, 0.15) is 33.0 Å². The Balaban J connectivity index is 1.52. The van der Waals surface area contributed by atoms with Crippen molar-refractivity contribution >= 4 is 17.9 Å². The topological polar surface area (TPSA) is 67.3 Å². The van der Waals surface area contributed by atoms with Gasteiger partial charge in [-0.05, 0) is 17.7 Å². The summed E-state index contributed by atoms with van der Waals surface area (Å²) < 4.78 is 5.05. The van der Waals surface area contributed by atoms with Crippen LogP contribution < -0.4 is 0 Å². The number of H-pyrrole nitrogens is 1. The zero-order valence-electron chi connectivity index (χ0n) is 12.9. The van der Waals surface area contributed by atoms with E-state index in [4.69, 9.17) is 4.74 Å². The van der Waals surface area contributed by atoms with E-state index < -0.39 is 0 Å². The normalized spacial score (nSPS) is 13.2. The van der Waals surface area contributed by atoms with E-state index in [2.05, 4.69) is 27.1 Å². The van der Waals surface area contributed by atoms with E-state index in [1.807, 2.05) is 30.5 Å². The van der Waals surface area contributed by atoms with Crippen molar-refractivity contribution < 1.29 is 9.53 Å². The van der Waals surface area contributed by atoms with Gasteiger partial charge < -0.3 is 9.72 Å². The number of benzene rings is 2. The zero-order valence-corrected chi connectivity index (χ0v) is 12.9. The number of nitrogens with one attached hydrogen (secondary N) is 1. The van der Waals surface area contributed by atoms with Crippen LogP contribution in [0, 0.1) is 0 Å². The molecule has 5 heteroatoms. The van der Waals surface area contributed by atoms with E-state index in [1.165, 1.54) is 5.56 Å². The lowest BCUT2D eigenvalue weighted by atomic mass is 10.1. The summed E-state index contributed by atoms with van der Waals surface area (Å²) in [6.45, 7) is 0.277. The molecule has 0 saturated heterocycles. The van der Waals surface area contributed by atoms with Crippen molar-refractivity contribution in [2.75, 3.05) is 0 Å². The molecule has 1 aromatic heterocycles. The first-order valence-electron chi connectivity index (χ1n) is 7.70. The SMILES string of the molecule is O=C1OCc2c(N=Cc3ncc(Cc4ccccc4)[nH]3)cccc21. The minimum absolute atomic E-state index is 0.277. The third kappa shape index (κ3) is 2.84. The molecule has 0 fully saturated rings. The van der Waals surface area contributed by atoms with Gasteiger partial charge in [-0.25, -0.2) is 9.78 Å². The second-order valence-corrected chi connectivity index (χ2v) is 5.59. The highest BCUT2D eigenvalue weighted by Gasteiger charge is 2.23. The second-order valence-electron chi connectivity index (χ2n) is 5.59. The van der Waals surface area contributed by atoms with Crippen molar-refractivity contribution in [3.8, 4) is 0 Å². The number of carbonyl (C=O) groups is 1. The molecule has 1 N–H and O–H groups in total. The first kappa shape index (κ1) is 14.4. The standard InChI is InChI=1S/C19H15N3O2/c23-19-15-7-4-8-17(16(15)12-24-19)20-11-18-21-10-14(22-18)9-13-5-2-1-3-6-13/h1-8,10-11H,9,12H2,(H,21,22). The fourth-order valence-electron chi connectivity index (χ4n) is 2.73. The predicted octanol–water partition coefficient (Wildman–Crippen LogP) is 3.42. The first-order chi connectivity index (χ1) is 11.8. The van der Waals surface area contributed by atoms with Crippen molar-refractivity contribution in [1.82, 2.24) is 9.97 Å². The number of nitrogens with zero attached hydrogens (tertiary/aromatic N) is 2. The fraction of sp³-hybridized carbons (Fsp3) is 0.105. The van der Waals surface area contributed by atoms with Gasteiger partial charge in [0, 0.05) is 23.9 Å². The van der Waals surface area contributed by atoms with Gasteiger partial charge in [-0.15, -0.1) is 0 Å². The largest absolute Gasteiger partial charge is 0.457 e. The molecule has 1 aliphatic rings. The number of cyclic esters (lactones) is 1. The van der Waals surface area contributed by atoms with Crippen molar-refractivity contribution in [2.24, 2.45) is 4.99 Å². The molecule has 118 valence electrons. The van der Waals surface area contributed by atoms with Crippen LogP contribution in [0.5, 0.6) is 0 Å². The van der Waals surface area contributed by atoms with Crippen molar-refractivity contribution in [3.05, 3.63) is 82.9 Å². The van der Waals surface area contributed by atoms with Crippen LogP contribution in [0.15, 0.2) is 59.7 Å². The number of ether oxygens (including phenoxy) is 1. The highest BCUT2D eigenvalue weighted by atomic mass is 16.5. The highest BCUT2D eigenvalue weighted by Crippen LogP contribution is 2.29. The van der Waals surface area contributed by atoms with E-state index in [-0.39, 0.29) is 12.6 Å². The van der Waals surface area contributed by atoms with E-state index in [0.29, 0.717) is 11.4 Å². The lowest BCUT2D eigenvalue weighted by Gasteiger charge is -1.99. The smallest absolute Gasteiger partial charge is 0.338 e. The number of rotatable bonds is 4. The third-order valence-electron chi connectivity index (χ3n) is 3.93. The summed E-state index contributed by atoms with van der Waals surface area (Å²) in [6.07, 6.45) is 4.29. The number of aromatic nitrogens is 2. The van der Waals surface area contributed by atoms with Gasteiger partial charge in [0.15, 0.2) is 0 Å². The summed E-state index contributed by atoms with van der Waals surface area (Å²) in [5.41, 5.74) is 4.41. The number of hydrogen-bond donors (Lipinski definition) is 1. The maximum absolute atomic E-state index is 11.6. The van der Waals surface area contributed by atoms with Gasteiger partial charge in [-0.2, -0.15) is 0 Å². The highest BCUT2D eigenvalue weighted by molar-refractivity contribution is 5.95. The van der Waals surface area contributed by atoms with Crippen molar-refractivity contribution in [2.45, 2.75) is 13.0 Å². The van der Waals surface area contributed by atoms with Gasteiger partial charge in [-0.3, -0.25) is 4.99 Å². The number of fused-ring (bicyclic) bond motifs is 1. The van der Waals surface area contributed by atoms with Crippen LogP contribution in [-0.4, -0.2) is 22.2 Å². The average molecular weight is 317 g/mol. The van der Waals surface area contributed by atoms with Gasteiger partial charge in [0.05, 0.1) is 17.5 Å². The predicted molar refractivity (Wildman–Crippen MR) is 90.7 cm³/mol. The van der Waals surface area contributed by atoms with Gasteiger partial charge in [0.1, 0.15) is 12.4 Å². The van der Waals surface area contributed by atoms with Crippen LogP contribution in [0.3, 0.4) is 0 Å². The fourth-order valence-corrected chi connectivity index (χ4v) is 2.73. The van der Waals surface area contributed by atoms with E-state index in [9.17, 15) is 4.79 Å². The van der Waals surface area contributed by atoms with Crippen LogP contribution >= 0.6 is 0 Å². The summed E-state index contributed by atoms with van der Waals surface area (Å²) in [5, 5.41) is 0. The molecule has 1 aliphatic heterocycles. The maximum atomic E-state index is 11.6. The second kappa shape index (κ2) is 6.12. The Morgan fingerprint density at radius 1 is 1.17 bits per heavy atom. The molecular weight excluding hydrogens is 302 g/mol. The molecule has 0 amide bonds. The number of hydrogen-bond acceptors (Lipinski definition) is 4. The maximum Gasteiger partial charge on any atom is 0.338 e. The molecular formula is C19H15N3O2. The van der Waals surface area contributed by atoms with Crippen LogP contribution in [-0.2, 0) is 17.8 Å². The van der Waals surface area contributed by atoms with Gasteiger partial charge >= 0.3 is 5.97 Å². The van der Waals surface area contributed by atoms with Crippen LogP contribution in [0.25, 0.3) is 0 Å². The molecule has 0 aliphatic carbocycles. The number of imidazole rings is 1. The van der Waals surface area contributed by atoms with Gasteiger partial charge in [0.25, 0.3) is 0 Å². The monoisotopic (exact) mass is 317 g/mol. The van der Waals surface area contributed by atoms with Crippen LogP contribution in [0.2, 0.25) is 0 Å². The molecule has 0 saturated carbocycles. The molecule has 0 unspecified atom stereocenters. The molecule has 2 aromatic carbocycles. The zero-order chi connectivity index (χ0) is 16.4. The summed E-state index contributed by atoms with van der Waals surface area (Å²) in [7, 11) is 0. The summed E-state index contributed by atoms with van der Waals surface area (Å²) in [4.78, 5) is 23.6. The Hall–Kier alpha value is -3.21. The quantitative estimate of drug-likeness (QED) is 0.592. The third-order valence-corrected chi connectivity index (χ3v) is 3.93. The Morgan fingerprint density at radius 2 is 2.04 bits per heavy atom. The molecule has 5 nitrogen and oxygen atoms in total. The van der Waals surface area contributed by atoms with Gasteiger partial charge in [-0.1, -0.05) is 36.4 Å². The van der Waals surface area contributed by atoms with Crippen molar-refractivity contribution in [3.63, 3.8) is 0 Å². The molecule has 4 rings (SSSR count). The Labute approximate surface area is 139 Å². The first-order valence-corrected chi connectivity index (χ1v) is 7.70. The summed E-state index contributed by atoms with van der Waals surface area (Å²) >= 11 is 0. The number of aromatic amines is 1. The van der Waals surface area contributed by atoms with E-state index in [1.54, 1.807) is 18.3 Å². The van der Waals surface area contributed by atoms with Gasteiger partial charge in [0.2, 0.25) is 0 Å². The Kier molecular flexibility index (Phi) is 3.67. The Bertz CT molecular complexity index is 913. The average Bonchev–Trinajstić information content (AvgIpc) is 3.21. The van der Waals surface area contributed by atoms with Crippen LogP contribution in [0.4, 0.5) is 5.69 Å². The van der Waals surface area contributed by atoms with Crippen molar-refractivity contribution in [1.29, 1.82) is 0 Å². The molecule has 0 bridgehead atoms. The van der Waals surface area contributed by atoms with E-state index >= 15 is 0 Å². The molecule has 2 heterocycles. The lowest BCUT2D eigenvalue weighted by molar-refractivity contribution is 0.0535. The van der Waals surface area contributed by atoms with E-state index in [0.717, 1.165) is 23.4 Å². The molecule has 3 aromatic rings. The molecule has 0 radical (unpaired) electrons. The summed E-state index contributed by atoms with van der Waals surface area (Å²) in [5.74, 6) is 0.397. The minimum Gasteiger partial charge on any atom is -0.457 e. The summed E-state index contributed by atoms with van der Waals surface area (Å²) in [6, 6.07) is 15.6. The number of esters is 1. The Morgan fingerprint density at radius 3 is 2.92 bits per heavy atom. The number of carbonyl (C=O) groups excluding carboxylic acids is 1. The molecule has 24 heavy (non-hydrogen) atoms. The molecule has 0 atom stereocenters. The number of aliphatic imine (C=N–C) groups is 1. The lowest BCUT2D eigenvalue weighted by Crippen LogP contribution is -1.92. The minimum atomic E-state index is -0.287. The molecule has 0 spiro atoms.